The average molecular weight is 207 g/mol. The van der Waals surface area contributed by atoms with Gasteiger partial charge in [0.15, 0.2) is 0 Å². The summed E-state index contributed by atoms with van der Waals surface area (Å²) in [4.78, 5) is 11.9. The van der Waals surface area contributed by atoms with Gasteiger partial charge in [-0.3, -0.25) is 9.48 Å². The summed E-state index contributed by atoms with van der Waals surface area (Å²) in [6.07, 6.45) is 5.31. The molecule has 2 rings (SSSR count). The molecule has 4 heteroatoms. The zero-order valence-corrected chi connectivity index (χ0v) is 9.02. The zero-order chi connectivity index (χ0) is 10.8. The summed E-state index contributed by atoms with van der Waals surface area (Å²) in [7, 11) is 1.86. The normalized spacial score (nSPS) is 25.7. The lowest BCUT2D eigenvalue weighted by Crippen LogP contribution is -2.31. The summed E-state index contributed by atoms with van der Waals surface area (Å²) in [5, 5.41) is 4.20. The van der Waals surface area contributed by atoms with Crippen LogP contribution >= 0.6 is 0 Å². The van der Waals surface area contributed by atoms with Crippen LogP contribution in [0.3, 0.4) is 0 Å². The van der Waals surface area contributed by atoms with E-state index in [4.69, 9.17) is 5.73 Å². The molecule has 0 radical (unpaired) electrons. The summed E-state index contributed by atoms with van der Waals surface area (Å²) in [5.74, 6) is 0.311. The molecule has 15 heavy (non-hydrogen) atoms. The molecule has 2 atom stereocenters. The van der Waals surface area contributed by atoms with Crippen LogP contribution in [0.1, 0.15) is 25.0 Å². The SMILES string of the molecule is Cn1ccc(CC(=O)C2CCCC2N)n1. The van der Waals surface area contributed by atoms with Crippen molar-refractivity contribution in [2.24, 2.45) is 18.7 Å². The molecule has 0 aliphatic heterocycles. The van der Waals surface area contributed by atoms with Crippen LogP contribution in [0.25, 0.3) is 0 Å². The number of ketones is 1. The van der Waals surface area contributed by atoms with Crippen LogP contribution in [0.5, 0.6) is 0 Å². The van der Waals surface area contributed by atoms with Crippen LogP contribution in [0, 0.1) is 5.92 Å². The minimum absolute atomic E-state index is 0.0620. The molecule has 2 unspecified atom stereocenters. The van der Waals surface area contributed by atoms with E-state index in [1.807, 2.05) is 19.3 Å². The van der Waals surface area contributed by atoms with E-state index in [1.165, 1.54) is 0 Å². The molecule has 1 aliphatic carbocycles. The fourth-order valence-corrected chi connectivity index (χ4v) is 2.26. The highest BCUT2D eigenvalue weighted by molar-refractivity contribution is 5.83. The number of hydrogen-bond donors (Lipinski definition) is 1. The van der Waals surface area contributed by atoms with Gasteiger partial charge in [0.2, 0.25) is 0 Å². The van der Waals surface area contributed by atoms with Gasteiger partial charge < -0.3 is 5.73 Å². The monoisotopic (exact) mass is 207 g/mol. The predicted molar refractivity (Wildman–Crippen MR) is 57.2 cm³/mol. The van der Waals surface area contributed by atoms with E-state index in [-0.39, 0.29) is 17.7 Å². The summed E-state index contributed by atoms with van der Waals surface area (Å²) in [6.45, 7) is 0. The van der Waals surface area contributed by atoms with Crippen LogP contribution in [0.2, 0.25) is 0 Å². The number of aryl methyl sites for hydroxylation is 1. The topological polar surface area (TPSA) is 60.9 Å². The molecule has 4 nitrogen and oxygen atoms in total. The van der Waals surface area contributed by atoms with E-state index >= 15 is 0 Å². The first-order valence-electron chi connectivity index (χ1n) is 5.43. The van der Waals surface area contributed by atoms with Gasteiger partial charge >= 0.3 is 0 Å². The van der Waals surface area contributed by atoms with Crippen molar-refractivity contribution in [2.45, 2.75) is 31.7 Å². The number of carbonyl (C=O) groups excluding carboxylic acids is 1. The third kappa shape index (κ3) is 2.26. The smallest absolute Gasteiger partial charge is 0.143 e. The summed E-state index contributed by atoms with van der Waals surface area (Å²) >= 11 is 0. The number of carbonyl (C=O) groups is 1. The zero-order valence-electron chi connectivity index (χ0n) is 9.02. The molecule has 1 saturated carbocycles. The lowest BCUT2D eigenvalue weighted by atomic mass is 9.96. The van der Waals surface area contributed by atoms with Gasteiger partial charge in [0.25, 0.3) is 0 Å². The van der Waals surface area contributed by atoms with Gasteiger partial charge in [-0.15, -0.1) is 0 Å². The van der Waals surface area contributed by atoms with Crippen molar-refractivity contribution in [3.8, 4) is 0 Å². The Kier molecular flexibility index (Phi) is 2.86. The molecule has 1 aliphatic rings. The minimum Gasteiger partial charge on any atom is -0.327 e. The Morgan fingerprint density at radius 2 is 2.47 bits per heavy atom. The van der Waals surface area contributed by atoms with Crippen molar-refractivity contribution < 1.29 is 4.79 Å². The maximum absolute atomic E-state index is 11.9. The molecule has 1 aromatic heterocycles. The number of aromatic nitrogens is 2. The quantitative estimate of drug-likeness (QED) is 0.792. The molecule has 0 saturated heterocycles. The van der Waals surface area contributed by atoms with E-state index in [9.17, 15) is 4.79 Å². The first kappa shape index (κ1) is 10.4. The molecule has 0 amide bonds. The fourth-order valence-electron chi connectivity index (χ4n) is 2.26. The third-order valence-electron chi connectivity index (χ3n) is 3.11. The second-order valence-corrected chi connectivity index (χ2v) is 4.33. The van der Waals surface area contributed by atoms with Crippen LogP contribution in [-0.4, -0.2) is 21.6 Å². The van der Waals surface area contributed by atoms with Crippen molar-refractivity contribution >= 4 is 5.78 Å². The van der Waals surface area contributed by atoms with E-state index in [1.54, 1.807) is 4.68 Å². The molecule has 2 N–H and O–H groups in total. The van der Waals surface area contributed by atoms with E-state index in [0.717, 1.165) is 25.0 Å². The minimum atomic E-state index is 0.0620. The van der Waals surface area contributed by atoms with Gasteiger partial charge in [-0.2, -0.15) is 5.10 Å². The van der Waals surface area contributed by atoms with Gasteiger partial charge in [0.1, 0.15) is 5.78 Å². The molecule has 1 aromatic rings. The first-order chi connectivity index (χ1) is 7.16. The fraction of sp³-hybridized carbons (Fsp3) is 0.636. The summed E-state index contributed by atoms with van der Waals surface area (Å²) in [6, 6.07) is 1.96. The Labute approximate surface area is 89.5 Å². The van der Waals surface area contributed by atoms with E-state index in [0.29, 0.717) is 6.42 Å². The highest BCUT2D eigenvalue weighted by Gasteiger charge is 2.30. The number of rotatable bonds is 3. The molecule has 82 valence electrons. The van der Waals surface area contributed by atoms with E-state index in [2.05, 4.69) is 5.10 Å². The van der Waals surface area contributed by atoms with Crippen molar-refractivity contribution in [1.29, 1.82) is 0 Å². The Hall–Kier alpha value is -1.16. The number of Topliss-reactive ketones (excluding diaryl/α,β-unsaturated/α-hetero) is 1. The average Bonchev–Trinajstić information content (AvgIpc) is 2.75. The Morgan fingerprint density at radius 3 is 3.00 bits per heavy atom. The van der Waals surface area contributed by atoms with Gasteiger partial charge in [-0.25, -0.2) is 0 Å². The Bertz CT molecular complexity index is 358. The number of hydrogen-bond acceptors (Lipinski definition) is 3. The largest absolute Gasteiger partial charge is 0.327 e. The van der Waals surface area contributed by atoms with Crippen LogP contribution in [0.4, 0.5) is 0 Å². The molecular formula is C11H17N3O. The highest BCUT2D eigenvalue weighted by atomic mass is 16.1. The summed E-state index contributed by atoms with van der Waals surface area (Å²) in [5.41, 5.74) is 6.74. The lowest BCUT2D eigenvalue weighted by Gasteiger charge is -2.12. The highest BCUT2D eigenvalue weighted by Crippen LogP contribution is 2.25. The number of nitrogens with two attached hydrogens (primary N) is 1. The standard InChI is InChI=1S/C11H17N3O/c1-14-6-5-8(13-14)7-11(15)9-3-2-4-10(9)12/h5-6,9-10H,2-4,7,12H2,1H3. The summed E-state index contributed by atoms with van der Waals surface area (Å²) < 4.78 is 1.72. The van der Waals surface area contributed by atoms with Crippen LogP contribution in [0.15, 0.2) is 12.3 Å². The molecule has 0 bridgehead atoms. The molecule has 1 fully saturated rings. The lowest BCUT2D eigenvalue weighted by molar-refractivity contribution is -0.122. The van der Waals surface area contributed by atoms with Crippen molar-refractivity contribution in [1.82, 2.24) is 9.78 Å². The predicted octanol–water partition coefficient (Wildman–Crippen LogP) is 0.659. The maximum Gasteiger partial charge on any atom is 0.143 e. The Morgan fingerprint density at radius 1 is 1.67 bits per heavy atom. The van der Waals surface area contributed by atoms with Crippen LogP contribution < -0.4 is 5.73 Å². The second kappa shape index (κ2) is 4.14. The molecular weight excluding hydrogens is 190 g/mol. The molecule has 0 spiro atoms. The van der Waals surface area contributed by atoms with Crippen LogP contribution in [-0.2, 0) is 18.3 Å². The van der Waals surface area contributed by atoms with Gasteiger partial charge in [-0.05, 0) is 18.9 Å². The van der Waals surface area contributed by atoms with Crippen molar-refractivity contribution in [3.63, 3.8) is 0 Å². The van der Waals surface area contributed by atoms with Gasteiger partial charge in [0, 0.05) is 25.2 Å². The van der Waals surface area contributed by atoms with Crippen molar-refractivity contribution in [3.05, 3.63) is 18.0 Å². The third-order valence-corrected chi connectivity index (χ3v) is 3.11. The first-order valence-corrected chi connectivity index (χ1v) is 5.43. The maximum atomic E-state index is 11.9. The molecule has 0 aromatic carbocycles. The van der Waals surface area contributed by atoms with Gasteiger partial charge in [-0.1, -0.05) is 6.42 Å². The molecule has 1 heterocycles. The van der Waals surface area contributed by atoms with Gasteiger partial charge in [0.05, 0.1) is 12.1 Å². The Balaban J connectivity index is 1.97. The van der Waals surface area contributed by atoms with E-state index < -0.39 is 0 Å². The van der Waals surface area contributed by atoms with Crippen molar-refractivity contribution in [2.75, 3.05) is 0 Å². The number of nitrogens with zero attached hydrogens (tertiary/aromatic N) is 2. The second-order valence-electron chi connectivity index (χ2n) is 4.33.